The fourth-order valence-corrected chi connectivity index (χ4v) is 6.84. The first-order valence-electron chi connectivity index (χ1n) is 11.0. The molecule has 27 heavy (non-hydrogen) atoms. The minimum atomic E-state index is 0.115. The second-order valence-electron chi connectivity index (χ2n) is 9.65. The van der Waals surface area contributed by atoms with Gasteiger partial charge in [0.15, 0.2) is 0 Å². The van der Waals surface area contributed by atoms with E-state index in [0.717, 1.165) is 61.6 Å². The van der Waals surface area contributed by atoms with Gasteiger partial charge in [0.05, 0.1) is 6.54 Å². The molecule has 1 amide bonds. The molecule has 1 N–H and O–H groups in total. The predicted molar refractivity (Wildman–Crippen MR) is 109 cm³/mol. The Bertz CT molecular complexity index is 667. The van der Waals surface area contributed by atoms with Crippen molar-refractivity contribution in [3.63, 3.8) is 0 Å². The highest BCUT2D eigenvalue weighted by molar-refractivity contribution is 5.92. The minimum absolute atomic E-state index is 0.115. The van der Waals surface area contributed by atoms with Gasteiger partial charge < -0.3 is 5.32 Å². The van der Waals surface area contributed by atoms with E-state index in [-0.39, 0.29) is 5.91 Å². The number of piperazine rings is 1. The van der Waals surface area contributed by atoms with Crippen molar-refractivity contribution < 1.29 is 4.79 Å². The maximum Gasteiger partial charge on any atom is 0.238 e. The summed E-state index contributed by atoms with van der Waals surface area (Å²) in [5.41, 5.74) is 2.09. The van der Waals surface area contributed by atoms with Crippen molar-refractivity contribution >= 4 is 11.6 Å². The second-order valence-corrected chi connectivity index (χ2v) is 9.65. The van der Waals surface area contributed by atoms with Crippen molar-refractivity contribution in [2.75, 3.05) is 38.0 Å². The largest absolute Gasteiger partial charge is 0.325 e. The van der Waals surface area contributed by atoms with Crippen molar-refractivity contribution in [1.29, 1.82) is 0 Å². The first-order chi connectivity index (χ1) is 13.1. The van der Waals surface area contributed by atoms with Gasteiger partial charge in [-0.15, -0.1) is 0 Å². The van der Waals surface area contributed by atoms with E-state index in [9.17, 15) is 4.79 Å². The molecule has 1 heterocycles. The Labute approximate surface area is 163 Å². The lowest BCUT2D eigenvalue weighted by Gasteiger charge is -2.58. The van der Waals surface area contributed by atoms with Crippen LogP contribution in [0.3, 0.4) is 0 Å². The molecule has 0 spiro atoms. The summed E-state index contributed by atoms with van der Waals surface area (Å²) in [6, 6.07) is 8.89. The molecule has 0 unspecified atom stereocenters. The van der Waals surface area contributed by atoms with E-state index in [4.69, 9.17) is 0 Å². The summed E-state index contributed by atoms with van der Waals surface area (Å²) in [5, 5.41) is 3.05. The molecule has 1 aromatic carbocycles. The molecule has 4 bridgehead atoms. The molecule has 1 aliphatic heterocycles. The van der Waals surface area contributed by atoms with Crippen LogP contribution in [0.1, 0.15) is 37.7 Å². The van der Waals surface area contributed by atoms with Gasteiger partial charge in [0.2, 0.25) is 5.91 Å². The third-order valence-corrected chi connectivity index (χ3v) is 7.67. The number of amides is 1. The van der Waals surface area contributed by atoms with Gasteiger partial charge in [0.1, 0.15) is 0 Å². The normalized spacial score (nSPS) is 36.1. The van der Waals surface area contributed by atoms with Crippen molar-refractivity contribution in [3.05, 3.63) is 29.8 Å². The fraction of sp³-hybridized carbons (Fsp3) is 0.696. The van der Waals surface area contributed by atoms with Crippen LogP contribution in [0.15, 0.2) is 24.3 Å². The molecule has 1 aromatic rings. The summed E-state index contributed by atoms with van der Waals surface area (Å²) < 4.78 is 0. The number of hydrogen-bond acceptors (Lipinski definition) is 3. The standard InChI is InChI=1S/C23H33N3O/c1-16-3-2-4-21(9-16)24-22(27)15-25-5-7-26(8-6-25)23-19-11-17-10-18(13-19)14-20(23)12-17/h2-4,9,17-20,23H,5-8,10-15H2,1H3,(H,24,27). The van der Waals surface area contributed by atoms with Gasteiger partial charge in [-0.05, 0) is 80.4 Å². The van der Waals surface area contributed by atoms with E-state index >= 15 is 0 Å². The number of nitrogens with zero attached hydrogens (tertiary/aromatic N) is 2. The minimum Gasteiger partial charge on any atom is -0.325 e. The van der Waals surface area contributed by atoms with Gasteiger partial charge in [0.25, 0.3) is 0 Å². The van der Waals surface area contributed by atoms with E-state index in [1.165, 1.54) is 37.7 Å². The smallest absolute Gasteiger partial charge is 0.238 e. The number of hydrogen-bond donors (Lipinski definition) is 1. The molecule has 4 heteroatoms. The number of anilines is 1. The first-order valence-corrected chi connectivity index (χ1v) is 11.0. The third kappa shape index (κ3) is 3.66. The highest BCUT2D eigenvalue weighted by Crippen LogP contribution is 2.55. The number of rotatable bonds is 4. The topological polar surface area (TPSA) is 35.6 Å². The molecular formula is C23H33N3O. The van der Waals surface area contributed by atoms with E-state index in [1.807, 2.05) is 18.2 Å². The molecule has 146 valence electrons. The van der Waals surface area contributed by atoms with Crippen molar-refractivity contribution in [2.24, 2.45) is 23.7 Å². The zero-order chi connectivity index (χ0) is 18.4. The third-order valence-electron chi connectivity index (χ3n) is 7.67. The molecule has 5 aliphatic rings. The highest BCUT2D eigenvalue weighted by Gasteiger charge is 2.50. The average Bonchev–Trinajstić information content (AvgIpc) is 2.62. The number of carbonyl (C=O) groups excluding carboxylic acids is 1. The summed E-state index contributed by atoms with van der Waals surface area (Å²) >= 11 is 0. The first kappa shape index (κ1) is 17.7. The van der Waals surface area contributed by atoms with Gasteiger partial charge in [-0.2, -0.15) is 0 Å². The number of benzene rings is 1. The fourth-order valence-electron chi connectivity index (χ4n) is 6.84. The maximum absolute atomic E-state index is 12.4. The Morgan fingerprint density at radius 2 is 1.67 bits per heavy atom. The van der Waals surface area contributed by atoms with Crippen molar-refractivity contribution in [3.8, 4) is 0 Å². The number of aryl methyl sites for hydroxylation is 1. The summed E-state index contributed by atoms with van der Waals surface area (Å²) in [7, 11) is 0. The van der Waals surface area contributed by atoms with Crippen LogP contribution in [0.2, 0.25) is 0 Å². The highest BCUT2D eigenvalue weighted by atomic mass is 16.2. The van der Waals surface area contributed by atoms with Crippen LogP contribution in [0, 0.1) is 30.6 Å². The van der Waals surface area contributed by atoms with Gasteiger partial charge in [0, 0.05) is 37.9 Å². The molecule has 5 fully saturated rings. The molecule has 0 radical (unpaired) electrons. The zero-order valence-corrected chi connectivity index (χ0v) is 16.6. The Balaban J connectivity index is 1.12. The summed E-state index contributed by atoms with van der Waals surface area (Å²) in [4.78, 5) is 17.5. The summed E-state index contributed by atoms with van der Waals surface area (Å²) in [6.07, 6.45) is 7.52. The van der Waals surface area contributed by atoms with E-state index in [2.05, 4.69) is 28.1 Å². The lowest BCUT2D eigenvalue weighted by molar-refractivity contribution is -0.118. The van der Waals surface area contributed by atoms with Gasteiger partial charge in [-0.1, -0.05) is 12.1 Å². The number of carbonyl (C=O) groups is 1. The zero-order valence-electron chi connectivity index (χ0n) is 16.6. The van der Waals surface area contributed by atoms with Crippen LogP contribution in [-0.4, -0.2) is 54.5 Å². The van der Waals surface area contributed by atoms with E-state index in [1.54, 1.807) is 0 Å². The van der Waals surface area contributed by atoms with Gasteiger partial charge in [-0.3, -0.25) is 14.6 Å². The van der Waals surface area contributed by atoms with Gasteiger partial charge in [-0.25, -0.2) is 0 Å². The number of nitrogens with one attached hydrogen (secondary N) is 1. The molecule has 4 aliphatic carbocycles. The Morgan fingerprint density at radius 3 is 2.30 bits per heavy atom. The monoisotopic (exact) mass is 367 g/mol. The summed E-state index contributed by atoms with van der Waals surface area (Å²) in [6.45, 7) is 6.92. The molecule has 4 nitrogen and oxygen atoms in total. The lowest BCUT2D eigenvalue weighted by atomic mass is 9.54. The van der Waals surface area contributed by atoms with Crippen LogP contribution in [0.5, 0.6) is 0 Å². The van der Waals surface area contributed by atoms with Crippen molar-refractivity contribution in [2.45, 2.75) is 45.1 Å². The SMILES string of the molecule is Cc1cccc(NC(=O)CN2CCN(C3C4CC5CC(C4)CC3C5)CC2)c1. The Hall–Kier alpha value is -1.39. The molecule has 0 atom stereocenters. The molecule has 4 saturated carbocycles. The second kappa shape index (κ2) is 7.21. The van der Waals surface area contributed by atoms with Crippen LogP contribution in [0.25, 0.3) is 0 Å². The van der Waals surface area contributed by atoms with Crippen LogP contribution >= 0.6 is 0 Å². The average molecular weight is 368 g/mol. The quantitative estimate of drug-likeness (QED) is 0.886. The molecular weight excluding hydrogens is 334 g/mol. The summed E-state index contributed by atoms with van der Waals surface area (Å²) in [5.74, 6) is 4.16. The molecule has 0 aromatic heterocycles. The van der Waals surface area contributed by atoms with Crippen LogP contribution in [-0.2, 0) is 4.79 Å². The molecule has 6 rings (SSSR count). The van der Waals surface area contributed by atoms with E-state index < -0.39 is 0 Å². The lowest BCUT2D eigenvalue weighted by Crippen LogP contribution is -2.60. The maximum atomic E-state index is 12.4. The Kier molecular flexibility index (Phi) is 4.73. The van der Waals surface area contributed by atoms with Crippen LogP contribution in [0.4, 0.5) is 5.69 Å². The molecule has 1 saturated heterocycles. The van der Waals surface area contributed by atoms with Crippen LogP contribution < -0.4 is 5.32 Å². The van der Waals surface area contributed by atoms with Crippen molar-refractivity contribution in [1.82, 2.24) is 9.80 Å². The van der Waals surface area contributed by atoms with Gasteiger partial charge >= 0.3 is 0 Å². The Morgan fingerprint density at radius 1 is 1.00 bits per heavy atom. The predicted octanol–water partition coefficient (Wildman–Crippen LogP) is 3.38. The van der Waals surface area contributed by atoms with E-state index in [0.29, 0.717) is 6.54 Å².